The Hall–Kier alpha value is -1.94. The largest absolute Gasteiger partial charge is 0.497 e. The van der Waals surface area contributed by atoms with E-state index in [9.17, 15) is 4.79 Å². The zero-order chi connectivity index (χ0) is 14.4. The zero-order valence-corrected chi connectivity index (χ0v) is 12.4. The van der Waals surface area contributed by atoms with Crippen LogP contribution in [0.5, 0.6) is 5.75 Å². The average Bonchev–Trinajstić information content (AvgIpc) is 2.49. The van der Waals surface area contributed by atoms with Gasteiger partial charge in [-0.3, -0.25) is 4.79 Å². The predicted octanol–water partition coefficient (Wildman–Crippen LogP) is 4.04. The van der Waals surface area contributed by atoms with Crippen molar-refractivity contribution < 1.29 is 9.53 Å². The summed E-state index contributed by atoms with van der Waals surface area (Å²) < 4.78 is 5.10. The molecule has 0 saturated carbocycles. The minimum Gasteiger partial charge on any atom is -0.497 e. The molecule has 4 heteroatoms. The molecule has 104 valence electrons. The summed E-state index contributed by atoms with van der Waals surface area (Å²) in [4.78, 5) is 14.8. The van der Waals surface area contributed by atoms with Gasteiger partial charge >= 0.3 is 0 Å². The molecule has 0 aliphatic heterocycles. The molecule has 2 aromatic rings. The minimum absolute atomic E-state index is 0.0269. The zero-order valence-electron chi connectivity index (χ0n) is 11.6. The molecule has 0 bridgehead atoms. The number of hydrogen-bond acceptors (Lipinski definition) is 3. The Morgan fingerprint density at radius 3 is 2.35 bits per heavy atom. The molecule has 0 aromatic heterocycles. The molecular formula is C16H17NO2S. The fraction of sp³-hybridized carbons (Fsp3) is 0.188. The van der Waals surface area contributed by atoms with Crippen LogP contribution in [0, 0.1) is 0 Å². The Balaban J connectivity index is 1.93. The minimum atomic E-state index is 0.0269. The van der Waals surface area contributed by atoms with Crippen LogP contribution >= 0.6 is 11.8 Å². The number of ether oxygens (including phenoxy) is 1. The van der Waals surface area contributed by atoms with Crippen molar-refractivity contribution in [1.82, 2.24) is 4.90 Å². The molecule has 0 fully saturated rings. The molecule has 20 heavy (non-hydrogen) atoms. The lowest BCUT2D eigenvalue weighted by Crippen LogP contribution is -2.21. The number of carbonyl (C=O) groups is 1. The molecule has 0 aliphatic carbocycles. The van der Waals surface area contributed by atoms with Crippen molar-refractivity contribution >= 4 is 17.0 Å². The Labute approximate surface area is 123 Å². The topological polar surface area (TPSA) is 29.5 Å². The van der Waals surface area contributed by atoms with Gasteiger partial charge in [0, 0.05) is 18.5 Å². The van der Waals surface area contributed by atoms with Crippen molar-refractivity contribution in [3.63, 3.8) is 0 Å². The molecule has 0 heterocycles. The lowest BCUT2D eigenvalue weighted by Gasteiger charge is -2.16. The first-order valence-corrected chi connectivity index (χ1v) is 7.11. The first-order chi connectivity index (χ1) is 9.69. The van der Waals surface area contributed by atoms with E-state index in [1.807, 2.05) is 61.6 Å². The Morgan fingerprint density at radius 2 is 1.75 bits per heavy atom. The van der Waals surface area contributed by atoms with Crippen molar-refractivity contribution in [3.05, 3.63) is 60.2 Å². The molecule has 1 amide bonds. The van der Waals surface area contributed by atoms with Crippen LogP contribution < -0.4 is 4.74 Å². The third kappa shape index (κ3) is 4.03. The third-order valence-electron chi connectivity index (χ3n) is 2.84. The Bertz CT molecular complexity index is 554. The standard InChI is InChI=1S/C16H17NO2S/c1-17(12-13-6-4-3-5-7-13)16(18)20-15-10-8-14(19-2)9-11-15/h3-11H,12H2,1-2H3. The highest BCUT2D eigenvalue weighted by molar-refractivity contribution is 8.13. The highest BCUT2D eigenvalue weighted by atomic mass is 32.2. The number of thioether (sulfide) groups is 1. The van der Waals surface area contributed by atoms with E-state index in [1.54, 1.807) is 12.0 Å². The van der Waals surface area contributed by atoms with Crippen molar-refractivity contribution in [2.45, 2.75) is 11.4 Å². The van der Waals surface area contributed by atoms with E-state index >= 15 is 0 Å². The van der Waals surface area contributed by atoms with Gasteiger partial charge in [-0.15, -0.1) is 0 Å². The summed E-state index contributed by atoms with van der Waals surface area (Å²) in [5.74, 6) is 0.791. The van der Waals surface area contributed by atoms with Gasteiger partial charge in [0.2, 0.25) is 0 Å². The summed E-state index contributed by atoms with van der Waals surface area (Å²) in [5, 5.41) is 0.0269. The van der Waals surface area contributed by atoms with Crippen LogP contribution in [0.3, 0.4) is 0 Å². The van der Waals surface area contributed by atoms with E-state index in [1.165, 1.54) is 11.8 Å². The fourth-order valence-corrected chi connectivity index (χ4v) is 2.44. The van der Waals surface area contributed by atoms with Crippen LogP contribution in [-0.4, -0.2) is 24.3 Å². The number of amides is 1. The molecule has 0 unspecified atom stereocenters. The summed E-state index contributed by atoms with van der Waals surface area (Å²) >= 11 is 1.22. The van der Waals surface area contributed by atoms with Crippen molar-refractivity contribution in [1.29, 1.82) is 0 Å². The van der Waals surface area contributed by atoms with E-state index in [-0.39, 0.29) is 5.24 Å². The van der Waals surface area contributed by atoms with Crippen molar-refractivity contribution in [2.75, 3.05) is 14.2 Å². The second-order valence-corrected chi connectivity index (χ2v) is 5.41. The monoisotopic (exact) mass is 287 g/mol. The molecule has 0 saturated heterocycles. The van der Waals surface area contributed by atoms with Gasteiger partial charge in [0.05, 0.1) is 7.11 Å². The van der Waals surface area contributed by atoms with Gasteiger partial charge in [0.25, 0.3) is 5.24 Å². The van der Waals surface area contributed by atoms with Crippen LogP contribution in [0.2, 0.25) is 0 Å². The van der Waals surface area contributed by atoms with Gasteiger partial charge in [-0.1, -0.05) is 30.3 Å². The van der Waals surface area contributed by atoms with E-state index in [2.05, 4.69) is 0 Å². The van der Waals surface area contributed by atoms with Gasteiger partial charge < -0.3 is 9.64 Å². The first-order valence-electron chi connectivity index (χ1n) is 6.30. The summed E-state index contributed by atoms with van der Waals surface area (Å²) in [7, 11) is 3.44. The molecule has 0 N–H and O–H groups in total. The summed E-state index contributed by atoms with van der Waals surface area (Å²) in [5.41, 5.74) is 1.12. The highest BCUT2D eigenvalue weighted by Crippen LogP contribution is 2.24. The number of hydrogen-bond donors (Lipinski definition) is 0. The molecule has 2 rings (SSSR count). The van der Waals surface area contributed by atoms with Crippen molar-refractivity contribution in [3.8, 4) is 5.75 Å². The fourth-order valence-electron chi connectivity index (χ4n) is 1.74. The van der Waals surface area contributed by atoms with E-state index in [4.69, 9.17) is 4.74 Å². The predicted molar refractivity (Wildman–Crippen MR) is 82.2 cm³/mol. The van der Waals surface area contributed by atoms with E-state index < -0.39 is 0 Å². The van der Waals surface area contributed by atoms with Gasteiger partial charge in [0.1, 0.15) is 5.75 Å². The Morgan fingerprint density at radius 1 is 1.10 bits per heavy atom. The van der Waals surface area contributed by atoms with Crippen molar-refractivity contribution in [2.24, 2.45) is 0 Å². The number of carbonyl (C=O) groups excluding carboxylic acids is 1. The van der Waals surface area contributed by atoms with Crippen LogP contribution in [0.25, 0.3) is 0 Å². The SMILES string of the molecule is COc1ccc(SC(=O)N(C)Cc2ccccc2)cc1. The molecule has 0 atom stereocenters. The molecule has 0 aliphatic rings. The van der Waals surface area contributed by atoms with E-state index in [0.717, 1.165) is 16.2 Å². The van der Waals surface area contributed by atoms with Crippen LogP contribution in [0.1, 0.15) is 5.56 Å². The first kappa shape index (κ1) is 14.5. The maximum atomic E-state index is 12.1. The molecule has 0 spiro atoms. The van der Waals surface area contributed by atoms with Crippen LogP contribution in [-0.2, 0) is 6.54 Å². The van der Waals surface area contributed by atoms with Gasteiger partial charge in [-0.25, -0.2) is 0 Å². The lowest BCUT2D eigenvalue weighted by molar-refractivity contribution is 0.232. The number of rotatable bonds is 4. The van der Waals surface area contributed by atoms with Crippen LogP contribution in [0.15, 0.2) is 59.5 Å². The number of benzene rings is 2. The molecule has 3 nitrogen and oxygen atoms in total. The van der Waals surface area contributed by atoms with Gasteiger partial charge in [-0.2, -0.15) is 0 Å². The van der Waals surface area contributed by atoms with Gasteiger partial charge in [-0.05, 0) is 41.6 Å². The maximum Gasteiger partial charge on any atom is 0.286 e. The quantitative estimate of drug-likeness (QED) is 0.795. The summed E-state index contributed by atoms with van der Waals surface area (Å²) in [6.07, 6.45) is 0. The summed E-state index contributed by atoms with van der Waals surface area (Å²) in [6, 6.07) is 17.4. The molecule has 0 radical (unpaired) electrons. The number of nitrogens with zero attached hydrogens (tertiary/aromatic N) is 1. The molecule has 2 aromatic carbocycles. The van der Waals surface area contributed by atoms with Crippen LogP contribution in [0.4, 0.5) is 4.79 Å². The second kappa shape index (κ2) is 7.01. The van der Waals surface area contributed by atoms with Gasteiger partial charge in [0.15, 0.2) is 0 Å². The highest BCUT2D eigenvalue weighted by Gasteiger charge is 2.11. The second-order valence-electron chi connectivity index (χ2n) is 4.39. The summed E-state index contributed by atoms with van der Waals surface area (Å²) in [6.45, 7) is 0.614. The number of methoxy groups -OCH3 is 1. The lowest BCUT2D eigenvalue weighted by atomic mass is 10.2. The molecular weight excluding hydrogens is 270 g/mol. The maximum absolute atomic E-state index is 12.1. The Kier molecular flexibility index (Phi) is 5.07. The average molecular weight is 287 g/mol. The van der Waals surface area contributed by atoms with E-state index in [0.29, 0.717) is 6.54 Å². The normalized spacial score (nSPS) is 10.1. The smallest absolute Gasteiger partial charge is 0.286 e. The third-order valence-corrected chi connectivity index (χ3v) is 3.83.